The molecule has 0 atom stereocenters. The van der Waals surface area contributed by atoms with E-state index in [0.29, 0.717) is 12.8 Å². The maximum absolute atomic E-state index is 13.4. The van der Waals surface area contributed by atoms with Crippen LogP contribution in [0.25, 0.3) is 0 Å². The molecule has 0 aromatic heterocycles. The van der Waals surface area contributed by atoms with E-state index in [0.717, 1.165) is 12.8 Å². The second-order valence-electron chi connectivity index (χ2n) is 6.07. The van der Waals surface area contributed by atoms with Crippen LogP contribution in [-0.2, 0) is 24.0 Å². The summed E-state index contributed by atoms with van der Waals surface area (Å²) < 4.78 is 127. The molecular weight excluding hydrogens is 553 g/mol. The van der Waals surface area contributed by atoms with E-state index in [1.165, 1.54) is 0 Å². The van der Waals surface area contributed by atoms with Crippen LogP contribution >= 0.6 is 0 Å². The average Bonchev–Trinajstić information content (AvgIpc) is 2.79. The summed E-state index contributed by atoms with van der Waals surface area (Å²) in [4.78, 5) is 19.2. The van der Waals surface area contributed by atoms with Gasteiger partial charge in [0.05, 0.1) is 0 Å². The molecule has 200 valence electrons. The second kappa shape index (κ2) is 14.5. The van der Waals surface area contributed by atoms with Crippen LogP contribution in [0.15, 0.2) is 0 Å². The first-order chi connectivity index (χ1) is 16.1. The van der Waals surface area contributed by atoms with Crippen LogP contribution in [0.4, 0.5) is 43.9 Å². The standard InChI is InChI=1S/2C6F5.2C4H8O2.Ni/c2*7-2-1-3(8)5(10)6(11)4(2)9;2*1-2-3-4(5)6;/h;;2*2-3H2,1H3,(H,5,6);. The Morgan fingerprint density at radius 3 is 0.857 bits per heavy atom. The summed E-state index contributed by atoms with van der Waals surface area (Å²) in [5.74, 6) is -26.1. The molecule has 0 aliphatic heterocycles. The number of benzene rings is 2. The summed E-state index contributed by atoms with van der Waals surface area (Å²) in [5, 5.41) is 15.8. The zero-order valence-corrected chi connectivity index (χ0v) is 18.6. The zero-order chi connectivity index (χ0) is 27.6. The van der Waals surface area contributed by atoms with E-state index in [1.807, 2.05) is 13.8 Å². The van der Waals surface area contributed by atoms with Crippen LogP contribution in [-0.4, -0.2) is 22.2 Å². The van der Waals surface area contributed by atoms with Gasteiger partial charge in [0, 0.05) is 12.8 Å². The molecule has 2 aromatic rings. The number of hydrogen-bond donors (Lipinski definition) is 2. The van der Waals surface area contributed by atoms with Gasteiger partial charge in [0.1, 0.15) is 0 Å². The Kier molecular flexibility index (Phi) is 13.4. The van der Waals surface area contributed by atoms with Crippen molar-refractivity contribution in [2.75, 3.05) is 0 Å². The first-order valence-corrected chi connectivity index (χ1v) is 10.2. The molecule has 0 fully saturated rings. The minimum absolute atomic E-state index is 0.292. The van der Waals surface area contributed by atoms with E-state index in [2.05, 4.69) is 0 Å². The van der Waals surface area contributed by atoms with E-state index >= 15 is 0 Å². The summed E-state index contributed by atoms with van der Waals surface area (Å²) >= 11 is -1.05. The van der Waals surface area contributed by atoms with Crippen LogP contribution < -0.4 is 9.07 Å². The quantitative estimate of drug-likeness (QED) is 0.226. The van der Waals surface area contributed by atoms with Crippen molar-refractivity contribution in [3.8, 4) is 0 Å². The van der Waals surface area contributed by atoms with Crippen molar-refractivity contribution in [2.24, 2.45) is 0 Å². The van der Waals surface area contributed by atoms with Crippen molar-refractivity contribution >= 4 is 21.0 Å². The normalized spacial score (nSPS) is 10.3. The Balaban J connectivity index is 0.000000797. The van der Waals surface area contributed by atoms with Gasteiger partial charge in [0.25, 0.3) is 0 Å². The van der Waals surface area contributed by atoms with Crippen molar-refractivity contribution in [1.29, 1.82) is 0 Å². The van der Waals surface area contributed by atoms with Crippen LogP contribution in [0.1, 0.15) is 39.5 Å². The summed E-state index contributed by atoms with van der Waals surface area (Å²) in [7, 11) is 0. The molecule has 35 heavy (non-hydrogen) atoms. The van der Waals surface area contributed by atoms with Crippen molar-refractivity contribution in [3.05, 3.63) is 58.2 Å². The van der Waals surface area contributed by atoms with E-state index in [4.69, 9.17) is 10.2 Å². The number of carboxylic acid groups (broad SMARTS) is 2. The molecule has 0 saturated carbocycles. The maximum atomic E-state index is 13.4. The number of rotatable bonds is 6. The van der Waals surface area contributed by atoms with Crippen LogP contribution in [0.3, 0.4) is 0 Å². The summed E-state index contributed by atoms with van der Waals surface area (Å²) in [6, 6.07) is 0. The molecule has 0 heterocycles. The summed E-state index contributed by atoms with van der Waals surface area (Å²) in [6.45, 7) is 3.68. The molecule has 0 spiro atoms. The Bertz CT molecular complexity index is 937. The van der Waals surface area contributed by atoms with Gasteiger partial charge in [0.2, 0.25) is 0 Å². The van der Waals surface area contributed by atoms with Crippen molar-refractivity contribution < 1.29 is 78.1 Å². The van der Waals surface area contributed by atoms with Crippen molar-refractivity contribution in [2.45, 2.75) is 39.5 Å². The molecule has 0 unspecified atom stereocenters. The Morgan fingerprint density at radius 2 is 0.714 bits per heavy atom. The zero-order valence-electron chi connectivity index (χ0n) is 17.6. The number of aliphatic carboxylic acids is 2. The molecule has 0 aliphatic carbocycles. The fourth-order valence-corrected chi connectivity index (χ4v) is 2.89. The monoisotopic (exact) mass is 568 g/mol. The van der Waals surface area contributed by atoms with Crippen LogP contribution in [0.2, 0.25) is 0 Å². The number of carbonyl (C=O) groups is 2. The van der Waals surface area contributed by atoms with Gasteiger partial charge in [-0.3, -0.25) is 9.59 Å². The van der Waals surface area contributed by atoms with Gasteiger partial charge in [-0.2, -0.15) is 0 Å². The molecule has 4 nitrogen and oxygen atoms in total. The molecule has 0 saturated heterocycles. The fraction of sp³-hybridized carbons (Fsp3) is 0.300. The van der Waals surface area contributed by atoms with Gasteiger partial charge < -0.3 is 10.2 Å². The van der Waals surface area contributed by atoms with Gasteiger partial charge in [-0.25, -0.2) is 0 Å². The predicted molar refractivity (Wildman–Crippen MR) is 96.8 cm³/mol. The van der Waals surface area contributed by atoms with E-state index in [-0.39, 0.29) is 0 Å². The molecule has 0 radical (unpaired) electrons. The molecule has 2 rings (SSSR count). The Hall–Kier alpha value is -2.83. The van der Waals surface area contributed by atoms with Crippen LogP contribution in [0.5, 0.6) is 0 Å². The van der Waals surface area contributed by atoms with Gasteiger partial charge >= 0.3 is 138 Å². The summed E-state index contributed by atoms with van der Waals surface area (Å²) in [6.07, 6.45) is 2.05. The molecule has 2 aromatic carbocycles. The first-order valence-electron chi connectivity index (χ1n) is 9.18. The van der Waals surface area contributed by atoms with E-state index in [1.54, 1.807) is 0 Å². The molecular formula is C20H16F10NiO4. The van der Waals surface area contributed by atoms with Gasteiger partial charge in [-0.1, -0.05) is 13.8 Å². The molecule has 2 N–H and O–H groups in total. The van der Waals surface area contributed by atoms with Crippen LogP contribution in [0, 0.1) is 58.2 Å². The summed E-state index contributed by atoms with van der Waals surface area (Å²) in [5.41, 5.74) is 0. The van der Waals surface area contributed by atoms with Crippen molar-refractivity contribution in [1.82, 2.24) is 0 Å². The Labute approximate surface area is 197 Å². The number of halogens is 10. The SMILES string of the molecule is CCCC(=O)O.CCCC(=O)O.Fc1c(F)c(F)[c]([Ni][c]2c(F)c(F)c(F)c(F)c2F)c(F)c1F. The predicted octanol–water partition coefficient (Wildman–Crippen LogP) is 4.85. The van der Waals surface area contributed by atoms with Gasteiger partial charge in [0.15, 0.2) is 0 Å². The third-order valence-corrected chi connectivity index (χ3v) is 4.71. The van der Waals surface area contributed by atoms with Gasteiger partial charge in [-0.05, 0) is 12.8 Å². The third kappa shape index (κ3) is 8.72. The third-order valence-electron chi connectivity index (χ3n) is 3.34. The fourth-order valence-electron chi connectivity index (χ4n) is 1.77. The first kappa shape index (κ1) is 32.2. The number of hydrogen-bond acceptors (Lipinski definition) is 2. The second-order valence-corrected chi connectivity index (χ2v) is 7.31. The number of carboxylic acids is 2. The minimum atomic E-state index is -2.54. The van der Waals surface area contributed by atoms with E-state index in [9.17, 15) is 53.5 Å². The Morgan fingerprint density at radius 1 is 0.514 bits per heavy atom. The molecule has 15 heteroatoms. The average molecular weight is 569 g/mol. The van der Waals surface area contributed by atoms with Crippen molar-refractivity contribution in [3.63, 3.8) is 0 Å². The van der Waals surface area contributed by atoms with E-state index < -0.39 is 93.6 Å². The molecule has 0 aliphatic rings. The topological polar surface area (TPSA) is 74.6 Å². The molecule has 0 bridgehead atoms. The molecule has 0 amide bonds. The van der Waals surface area contributed by atoms with Gasteiger partial charge in [-0.15, -0.1) is 0 Å².